The predicted octanol–water partition coefficient (Wildman–Crippen LogP) is 3.77. The van der Waals surface area contributed by atoms with Crippen LogP contribution in [-0.2, 0) is 4.74 Å². The van der Waals surface area contributed by atoms with Gasteiger partial charge in [0.1, 0.15) is 5.75 Å². The third-order valence-corrected chi connectivity index (χ3v) is 2.76. The van der Waals surface area contributed by atoms with Crippen LogP contribution in [0, 0.1) is 5.92 Å². The molecule has 3 nitrogen and oxygen atoms in total. The van der Waals surface area contributed by atoms with Crippen LogP contribution in [0.25, 0.3) is 0 Å². The third-order valence-electron chi connectivity index (χ3n) is 2.76. The van der Waals surface area contributed by atoms with Gasteiger partial charge in [-0.25, -0.2) is 4.79 Å². The van der Waals surface area contributed by atoms with Gasteiger partial charge in [0.15, 0.2) is 0 Å². The molecule has 0 atom stereocenters. The van der Waals surface area contributed by atoms with Gasteiger partial charge in [-0.05, 0) is 36.6 Å². The highest BCUT2D eigenvalue weighted by atomic mass is 16.5. The fourth-order valence-electron chi connectivity index (χ4n) is 1.68. The highest BCUT2D eigenvalue weighted by Gasteiger charge is 2.06. The molecule has 0 aliphatic carbocycles. The molecule has 1 N–H and O–H groups in total. The molecule has 0 aliphatic heterocycles. The summed E-state index contributed by atoms with van der Waals surface area (Å²) in [6.07, 6.45) is 4.43. The maximum atomic E-state index is 11.6. The molecule has 0 bridgehead atoms. The summed E-state index contributed by atoms with van der Waals surface area (Å²) in [7, 11) is 0. The first kappa shape index (κ1) is 14.6. The molecule has 0 heterocycles. The number of phenols is 1. The fourth-order valence-corrected chi connectivity index (χ4v) is 1.68. The quantitative estimate of drug-likeness (QED) is 0.592. The van der Waals surface area contributed by atoms with Crippen molar-refractivity contribution in [1.82, 2.24) is 0 Å². The van der Waals surface area contributed by atoms with E-state index < -0.39 is 0 Å². The second-order valence-corrected chi connectivity index (χ2v) is 4.93. The number of hydrogen-bond donors (Lipinski definition) is 1. The van der Waals surface area contributed by atoms with Gasteiger partial charge in [-0.1, -0.05) is 33.1 Å². The van der Waals surface area contributed by atoms with E-state index in [4.69, 9.17) is 9.84 Å². The highest BCUT2D eigenvalue weighted by Crippen LogP contribution is 2.11. The first-order valence-electron chi connectivity index (χ1n) is 6.55. The van der Waals surface area contributed by atoms with E-state index in [1.54, 1.807) is 12.1 Å². The second-order valence-electron chi connectivity index (χ2n) is 4.93. The van der Waals surface area contributed by atoms with Crippen molar-refractivity contribution < 1.29 is 14.6 Å². The van der Waals surface area contributed by atoms with Crippen molar-refractivity contribution in [2.24, 2.45) is 5.92 Å². The van der Waals surface area contributed by atoms with Gasteiger partial charge in [-0.2, -0.15) is 0 Å². The summed E-state index contributed by atoms with van der Waals surface area (Å²) >= 11 is 0. The SMILES string of the molecule is CC(C)CCCCCOC(=O)c1ccc(O)cc1. The number of benzene rings is 1. The maximum absolute atomic E-state index is 11.6. The zero-order valence-electron chi connectivity index (χ0n) is 11.2. The van der Waals surface area contributed by atoms with Gasteiger partial charge in [0.05, 0.1) is 12.2 Å². The Morgan fingerprint density at radius 2 is 1.83 bits per heavy atom. The minimum atomic E-state index is -0.321. The van der Waals surface area contributed by atoms with Crippen LogP contribution < -0.4 is 0 Å². The Bertz CT molecular complexity index is 355. The lowest BCUT2D eigenvalue weighted by Crippen LogP contribution is -2.06. The lowest BCUT2D eigenvalue weighted by Gasteiger charge is -2.06. The Kier molecular flexibility index (Phi) is 6.26. The first-order valence-corrected chi connectivity index (χ1v) is 6.55. The van der Waals surface area contributed by atoms with Crippen molar-refractivity contribution in [3.63, 3.8) is 0 Å². The van der Waals surface area contributed by atoms with E-state index in [2.05, 4.69) is 13.8 Å². The number of phenolic OH excluding ortho intramolecular Hbond substituents is 1. The number of ether oxygens (including phenoxy) is 1. The van der Waals surface area contributed by atoms with E-state index in [-0.39, 0.29) is 11.7 Å². The van der Waals surface area contributed by atoms with Crippen LogP contribution in [-0.4, -0.2) is 17.7 Å². The predicted molar refractivity (Wildman–Crippen MR) is 71.7 cm³/mol. The monoisotopic (exact) mass is 250 g/mol. The van der Waals surface area contributed by atoms with E-state index in [9.17, 15) is 4.79 Å². The Morgan fingerprint density at radius 3 is 2.44 bits per heavy atom. The molecule has 0 radical (unpaired) electrons. The fraction of sp³-hybridized carbons (Fsp3) is 0.533. The lowest BCUT2D eigenvalue weighted by atomic mass is 10.1. The van der Waals surface area contributed by atoms with Crippen molar-refractivity contribution in [3.8, 4) is 5.75 Å². The molecular formula is C15H22O3. The summed E-state index contributed by atoms with van der Waals surface area (Å²) in [6.45, 7) is 4.90. The summed E-state index contributed by atoms with van der Waals surface area (Å²) in [5.74, 6) is 0.573. The molecule has 18 heavy (non-hydrogen) atoms. The Balaban J connectivity index is 2.16. The van der Waals surface area contributed by atoms with Crippen LogP contribution in [0.4, 0.5) is 0 Å². The smallest absolute Gasteiger partial charge is 0.338 e. The number of aromatic hydroxyl groups is 1. The zero-order valence-corrected chi connectivity index (χ0v) is 11.2. The topological polar surface area (TPSA) is 46.5 Å². The molecule has 0 aromatic heterocycles. The van der Waals surface area contributed by atoms with Gasteiger partial charge in [0.25, 0.3) is 0 Å². The van der Waals surface area contributed by atoms with E-state index in [0.717, 1.165) is 18.8 Å². The van der Waals surface area contributed by atoms with Gasteiger partial charge in [-0.15, -0.1) is 0 Å². The number of carbonyl (C=O) groups is 1. The molecule has 0 aliphatic rings. The standard InChI is InChI=1S/C15H22O3/c1-12(2)6-4-3-5-11-18-15(17)13-7-9-14(16)10-8-13/h7-10,12,16H,3-6,11H2,1-2H3. The molecule has 3 heteroatoms. The average molecular weight is 250 g/mol. The molecule has 1 rings (SSSR count). The van der Waals surface area contributed by atoms with Crippen LogP contribution >= 0.6 is 0 Å². The summed E-state index contributed by atoms with van der Waals surface area (Å²) in [5.41, 5.74) is 0.481. The highest BCUT2D eigenvalue weighted by molar-refractivity contribution is 5.89. The minimum Gasteiger partial charge on any atom is -0.508 e. The van der Waals surface area contributed by atoms with E-state index >= 15 is 0 Å². The number of unbranched alkanes of at least 4 members (excludes halogenated alkanes) is 2. The number of carbonyl (C=O) groups excluding carboxylic acids is 1. The molecular weight excluding hydrogens is 228 g/mol. The number of esters is 1. The van der Waals surface area contributed by atoms with E-state index in [1.165, 1.54) is 25.0 Å². The van der Waals surface area contributed by atoms with Crippen molar-refractivity contribution in [2.45, 2.75) is 39.5 Å². The molecule has 0 fully saturated rings. The van der Waals surface area contributed by atoms with Crippen molar-refractivity contribution in [2.75, 3.05) is 6.61 Å². The largest absolute Gasteiger partial charge is 0.508 e. The van der Waals surface area contributed by atoms with Gasteiger partial charge >= 0.3 is 5.97 Å². The molecule has 0 amide bonds. The van der Waals surface area contributed by atoms with Crippen LogP contribution in [0.3, 0.4) is 0 Å². The molecule has 0 unspecified atom stereocenters. The summed E-state index contributed by atoms with van der Waals surface area (Å²) in [6, 6.07) is 6.10. The normalized spacial score (nSPS) is 10.6. The summed E-state index contributed by atoms with van der Waals surface area (Å²) < 4.78 is 5.15. The van der Waals surface area contributed by atoms with Gasteiger partial charge in [0, 0.05) is 0 Å². The van der Waals surface area contributed by atoms with E-state index in [1.807, 2.05) is 0 Å². The van der Waals surface area contributed by atoms with Crippen LogP contribution in [0.5, 0.6) is 5.75 Å². The molecule has 0 saturated carbocycles. The molecule has 1 aromatic carbocycles. The Morgan fingerprint density at radius 1 is 1.17 bits per heavy atom. The van der Waals surface area contributed by atoms with Gasteiger partial charge in [0.2, 0.25) is 0 Å². The van der Waals surface area contributed by atoms with E-state index in [0.29, 0.717) is 12.2 Å². The van der Waals surface area contributed by atoms with Gasteiger partial charge in [-0.3, -0.25) is 0 Å². The molecule has 100 valence electrons. The third kappa shape index (κ3) is 5.71. The maximum Gasteiger partial charge on any atom is 0.338 e. The molecule has 0 spiro atoms. The van der Waals surface area contributed by atoms with Crippen molar-refractivity contribution in [1.29, 1.82) is 0 Å². The first-order chi connectivity index (χ1) is 8.59. The molecule has 0 saturated heterocycles. The average Bonchev–Trinajstić information content (AvgIpc) is 2.34. The van der Waals surface area contributed by atoms with Crippen LogP contribution in [0.1, 0.15) is 49.9 Å². The zero-order chi connectivity index (χ0) is 13.4. The summed E-state index contributed by atoms with van der Waals surface area (Å²) in [4.78, 5) is 11.6. The van der Waals surface area contributed by atoms with Crippen LogP contribution in [0.15, 0.2) is 24.3 Å². The molecule has 1 aromatic rings. The van der Waals surface area contributed by atoms with Crippen molar-refractivity contribution >= 4 is 5.97 Å². The van der Waals surface area contributed by atoms with Crippen molar-refractivity contribution in [3.05, 3.63) is 29.8 Å². The van der Waals surface area contributed by atoms with Gasteiger partial charge < -0.3 is 9.84 Å². The number of hydrogen-bond acceptors (Lipinski definition) is 3. The second kappa shape index (κ2) is 7.75. The Labute approximate surface area is 109 Å². The van der Waals surface area contributed by atoms with Crippen LogP contribution in [0.2, 0.25) is 0 Å². The summed E-state index contributed by atoms with van der Waals surface area (Å²) in [5, 5.41) is 9.10. The minimum absolute atomic E-state index is 0.153. The number of rotatable bonds is 7. The lowest BCUT2D eigenvalue weighted by molar-refractivity contribution is 0.0497. The Hall–Kier alpha value is -1.51.